The normalized spacial score (nSPS) is 11.2. The molecule has 0 aromatic heterocycles. The number of nitrogens with one attached hydrogen (secondary N) is 1. The number of ether oxygens (including phenoxy) is 1. The highest BCUT2D eigenvalue weighted by molar-refractivity contribution is 6.19. The van der Waals surface area contributed by atoms with Crippen LogP contribution in [0.15, 0.2) is 51.7 Å². The zero-order valence-corrected chi connectivity index (χ0v) is 18.2. The Kier molecular flexibility index (Phi) is 6.30. The number of amides is 1. The van der Waals surface area contributed by atoms with Crippen LogP contribution in [0.1, 0.15) is 13.8 Å². The lowest BCUT2D eigenvalue weighted by atomic mass is 10.0. The number of hydrogen-bond acceptors (Lipinski definition) is 6. The van der Waals surface area contributed by atoms with E-state index in [0.717, 1.165) is 18.8 Å². The summed E-state index contributed by atoms with van der Waals surface area (Å²) in [6.45, 7) is 6.59. The smallest absolute Gasteiger partial charge is 0.211 e. The van der Waals surface area contributed by atoms with Gasteiger partial charge in [0.25, 0.3) is 0 Å². The van der Waals surface area contributed by atoms with Crippen molar-refractivity contribution in [1.82, 2.24) is 10.3 Å². The average Bonchev–Trinajstić information content (AvgIpc) is 2.81. The number of fused-ring (bicyclic) bond motifs is 4. The van der Waals surface area contributed by atoms with Gasteiger partial charge >= 0.3 is 0 Å². The molecule has 0 bridgehead atoms. The van der Waals surface area contributed by atoms with Gasteiger partial charge in [-0.25, -0.2) is 4.98 Å². The van der Waals surface area contributed by atoms with Gasteiger partial charge in [-0.1, -0.05) is 0 Å². The Balaban J connectivity index is 1.73. The van der Waals surface area contributed by atoms with Crippen LogP contribution in [0.2, 0.25) is 6.32 Å². The van der Waals surface area contributed by atoms with E-state index in [1.54, 1.807) is 18.2 Å². The van der Waals surface area contributed by atoms with Crippen molar-refractivity contribution in [2.45, 2.75) is 20.2 Å². The van der Waals surface area contributed by atoms with E-state index in [1.165, 1.54) is 6.07 Å². The molecule has 1 N–H and O–H groups in total. The summed E-state index contributed by atoms with van der Waals surface area (Å²) in [6, 6.07) is 12.6. The number of nitrogens with zero attached hydrogens (tertiary/aromatic N) is 2. The third kappa shape index (κ3) is 4.26. The van der Waals surface area contributed by atoms with Crippen LogP contribution >= 0.6 is 0 Å². The van der Waals surface area contributed by atoms with Crippen molar-refractivity contribution in [2.24, 2.45) is 0 Å². The Morgan fingerprint density at radius 1 is 1.12 bits per heavy atom. The number of aromatic nitrogens is 1. The highest BCUT2D eigenvalue weighted by atomic mass is 16.5. The second-order valence-electron chi connectivity index (χ2n) is 7.37. The summed E-state index contributed by atoms with van der Waals surface area (Å²) in [5, 5.41) is 3.86. The van der Waals surface area contributed by atoms with Crippen LogP contribution in [0.4, 0.5) is 5.69 Å². The van der Waals surface area contributed by atoms with Crippen LogP contribution in [-0.2, 0) is 4.79 Å². The number of benzene rings is 3. The summed E-state index contributed by atoms with van der Waals surface area (Å²) in [4.78, 5) is 30.9. The number of rotatable bonds is 8. The standard InChI is InChI=1S/C24H24BN3O4/c1-3-28(4-2)15-5-8-19-21(11-15)32-22-13-20(29)17-7-6-16(12-18(17)24(22)27-19)31-10-9-26-23(30)14-25/h5-8,11-13H,3-4,9-10,14H2,1-2H3,(H,26,30). The molecular weight excluding hydrogens is 405 g/mol. The molecule has 4 rings (SSSR count). The third-order valence-electron chi connectivity index (χ3n) is 5.41. The summed E-state index contributed by atoms with van der Waals surface area (Å²) in [5.74, 6) is 0.764. The highest BCUT2D eigenvalue weighted by Crippen LogP contribution is 2.33. The largest absolute Gasteiger partial charge is 0.492 e. The molecular formula is C24H24BN3O4. The van der Waals surface area contributed by atoms with Crippen LogP contribution < -0.4 is 20.4 Å². The summed E-state index contributed by atoms with van der Waals surface area (Å²) >= 11 is 0. The molecule has 32 heavy (non-hydrogen) atoms. The van der Waals surface area contributed by atoms with Gasteiger partial charge in [0.05, 0.1) is 14.4 Å². The van der Waals surface area contributed by atoms with E-state index in [1.807, 2.05) is 18.2 Å². The molecule has 0 saturated carbocycles. The Bertz CT molecular complexity index is 1300. The summed E-state index contributed by atoms with van der Waals surface area (Å²) in [6.07, 6.45) is -0.0617. The predicted molar refractivity (Wildman–Crippen MR) is 127 cm³/mol. The third-order valence-corrected chi connectivity index (χ3v) is 5.41. The van der Waals surface area contributed by atoms with Gasteiger partial charge in [-0.2, -0.15) is 0 Å². The van der Waals surface area contributed by atoms with Gasteiger partial charge in [0, 0.05) is 41.7 Å². The number of anilines is 1. The first-order valence-electron chi connectivity index (χ1n) is 10.7. The predicted octanol–water partition coefficient (Wildman–Crippen LogP) is 3.37. The van der Waals surface area contributed by atoms with Crippen molar-refractivity contribution in [1.29, 1.82) is 0 Å². The highest BCUT2D eigenvalue weighted by Gasteiger charge is 2.17. The van der Waals surface area contributed by atoms with Crippen LogP contribution in [0.5, 0.6) is 5.75 Å². The molecule has 0 unspecified atom stereocenters. The first kappa shape index (κ1) is 21.7. The molecule has 7 nitrogen and oxygen atoms in total. The molecule has 2 aromatic carbocycles. The quantitative estimate of drug-likeness (QED) is 0.200. The van der Waals surface area contributed by atoms with Crippen LogP contribution in [0.3, 0.4) is 0 Å². The Hall–Kier alpha value is -3.55. The molecule has 0 spiro atoms. The lowest BCUT2D eigenvalue weighted by Crippen LogP contribution is -2.27. The first-order chi connectivity index (χ1) is 15.5. The van der Waals surface area contributed by atoms with Gasteiger partial charge < -0.3 is 19.4 Å². The van der Waals surface area contributed by atoms with Crippen molar-refractivity contribution in [3.05, 3.63) is 52.7 Å². The van der Waals surface area contributed by atoms with E-state index in [0.29, 0.717) is 45.6 Å². The van der Waals surface area contributed by atoms with Crippen LogP contribution in [0.25, 0.3) is 33.3 Å². The zero-order chi connectivity index (χ0) is 22.7. The van der Waals surface area contributed by atoms with Gasteiger partial charge in [0.2, 0.25) is 5.91 Å². The lowest BCUT2D eigenvalue weighted by Gasteiger charge is -2.21. The molecule has 0 fully saturated rings. The number of carbonyl (C=O) groups excluding carboxylic acids is 1. The van der Waals surface area contributed by atoms with Gasteiger partial charge in [0.1, 0.15) is 23.6 Å². The van der Waals surface area contributed by atoms with Crippen molar-refractivity contribution in [3.63, 3.8) is 0 Å². The average molecular weight is 429 g/mol. The molecule has 2 radical (unpaired) electrons. The van der Waals surface area contributed by atoms with E-state index in [2.05, 4.69) is 24.1 Å². The molecule has 0 saturated heterocycles. The minimum Gasteiger partial charge on any atom is -0.492 e. The van der Waals surface area contributed by atoms with Crippen molar-refractivity contribution in [2.75, 3.05) is 31.1 Å². The first-order valence-corrected chi connectivity index (χ1v) is 10.7. The molecule has 1 heterocycles. The molecule has 162 valence electrons. The molecule has 1 aliphatic carbocycles. The van der Waals surface area contributed by atoms with Crippen molar-refractivity contribution < 1.29 is 13.9 Å². The van der Waals surface area contributed by atoms with E-state index < -0.39 is 0 Å². The minimum atomic E-state index is -0.240. The maximum Gasteiger partial charge on any atom is 0.211 e. The molecule has 8 heteroatoms. The minimum absolute atomic E-state index is 0.0617. The maximum absolute atomic E-state index is 12.7. The van der Waals surface area contributed by atoms with Crippen molar-refractivity contribution in [3.8, 4) is 17.2 Å². The van der Waals surface area contributed by atoms with Crippen molar-refractivity contribution >= 4 is 41.3 Å². The zero-order valence-electron chi connectivity index (χ0n) is 18.2. The van der Waals surface area contributed by atoms with E-state index in [9.17, 15) is 9.59 Å². The van der Waals surface area contributed by atoms with Crippen LogP contribution in [-0.4, -0.2) is 45.0 Å². The monoisotopic (exact) mass is 429 g/mol. The maximum atomic E-state index is 12.7. The molecule has 2 aliphatic rings. The van der Waals surface area contributed by atoms with E-state index in [4.69, 9.17) is 22.0 Å². The SMILES string of the molecule is [B]CC(=O)NCCOc1ccc2c(=O)cc3oc4cc(N(CC)CC)ccc4nc-3c2c1. The molecule has 1 amide bonds. The van der Waals surface area contributed by atoms with E-state index >= 15 is 0 Å². The second-order valence-corrected chi connectivity index (χ2v) is 7.37. The molecule has 1 aliphatic heterocycles. The fourth-order valence-corrected chi connectivity index (χ4v) is 3.75. The number of hydrogen-bond donors (Lipinski definition) is 1. The molecule has 0 atom stereocenters. The molecule has 2 aromatic rings. The Morgan fingerprint density at radius 2 is 1.94 bits per heavy atom. The van der Waals surface area contributed by atoms with Crippen LogP contribution in [0, 0.1) is 0 Å². The van der Waals surface area contributed by atoms with E-state index in [-0.39, 0.29) is 24.3 Å². The summed E-state index contributed by atoms with van der Waals surface area (Å²) < 4.78 is 11.8. The summed E-state index contributed by atoms with van der Waals surface area (Å²) in [7, 11) is 5.27. The fourth-order valence-electron chi connectivity index (χ4n) is 3.75. The fraction of sp³-hybridized carbons (Fsp3) is 0.292. The lowest BCUT2D eigenvalue weighted by molar-refractivity contribution is -0.119. The topological polar surface area (TPSA) is 84.7 Å². The van der Waals surface area contributed by atoms with Gasteiger partial charge in [-0.15, -0.1) is 0 Å². The van der Waals surface area contributed by atoms with Gasteiger partial charge in [-0.05, 0) is 50.5 Å². The Morgan fingerprint density at radius 3 is 2.69 bits per heavy atom. The number of carbonyl (C=O) groups is 1. The van der Waals surface area contributed by atoms with Gasteiger partial charge in [0.15, 0.2) is 16.8 Å². The second kappa shape index (κ2) is 9.30. The summed E-state index contributed by atoms with van der Waals surface area (Å²) in [5.41, 5.74) is 2.85. The Labute approximate surface area is 187 Å². The van der Waals surface area contributed by atoms with Gasteiger partial charge in [-0.3, -0.25) is 9.59 Å².